The fourth-order valence-corrected chi connectivity index (χ4v) is 2.68. The first-order chi connectivity index (χ1) is 9.25. The van der Waals surface area contributed by atoms with Gasteiger partial charge in [0.15, 0.2) is 5.01 Å². The zero-order valence-electron chi connectivity index (χ0n) is 10.9. The third-order valence-corrected chi connectivity index (χ3v) is 3.81. The van der Waals surface area contributed by atoms with E-state index in [-0.39, 0.29) is 4.88 Å². The van der Waals surface area contributed by atoms with Crippen molar-refractivity contribution >= 4 is 11.3 Å². The minimum Gasteiger partial charge on any atom is -0.481 e. The summed E-state index contributed by atoms with van der Waals surface area (Å²) in [5.41, 5.74) is 0.825. The van der Waals surface area contributed by atoms with Gasteiger partial charge in [-0.2, -0.15) is 18.3 Å². The lowest BCUT2D eigenvalue weighted by molar-refractivity contribution is -0.137. The fourth-order valence-electron chi connectivity index (χ4n) is 1.90. The topological polar surface area (TPSA) is 60.2 Å². The molecule has 2 heterocycles. The van der Waals surface area contributed by atoms with Crippen molar-refractivity contribution < 1.29 is 23.0 Å². The van der Waals surface area contributed by atoms with Crippen LogP contribution in [-0.4, -0.2) is 27.0 Å². The Balaban J connectivity index is 2.42. The molecule has 9 heteroatoms. The molecule has 110 valence electrons. The molecule has 2 aromatic heterocycles. The zero-order valence-corrected chi connectivity index (χ0v) is 11.7. The first-order valence-corrected chi connectivity index (χ1v) is 6.35. The second kappa shape index (κ2) is 5.06. The van der Waals surface area contributed by atoms with Crippen LogP contribution in [0.3, 0.4) is 0 Å². The monoisotopic (exact) mass is 307 g/mol. The van der Waals surface area contributed by atoms with Crippen LogP contribution in [0.1, 0.15) is 27.2 Å². The minimum absolute atomic E-state index is 0.0896. The van der Waals surface area contributed by atoms with E-state index in [2.05, 4.69) is 10.1 Å². The highest BCUT2D eigenvalue weighted by Crippen LogP contribution is 2.38. The van der Waals surface area contributed by atoms with Gasteiger partial charge in [-0.1, -0.05) is 0 Å². The van der Waals surface area contributed by atoms with E-state index in [9.17, 15) is 18.3 Å². The van der Waals surface area contributed by atoms with Crippen LogP contribution in [0.15, 0.2) is 6.20 Å². The molecule has 0 aliphatic rings. The number of aliphatic hydroxyl groups is 1. The van der Waals surface area contributed by atoms with Crippen LogP contribution in [-0.2, 0) is 13.2 Å². The van der Waals surface area contributed by atoms with Crippen molar-refractivity contribution in [3.05, 3.63) is 27.3 Å². The highest BCUT2D eigenvalue weighted by Gasteiger charge is 2.36. The average molecular weight is 307 g/mol. The maximum atomic E-state index is 12.5. The van der Waals surface area contributed by atoms with Gasteiger partial charge in [0.1, 0.15) is 6.10 Å². The number of hydrogen-bond acceptors (Lipinski definition) is 5. The van der Waals surface area contributed by atoms with Gasteiger partial charge in [-0.15, -0.1) is 11.3 Å². The molecule has 0 amide bonds. The summed E-state index contributed by atoms with van der Waals surface area (Å²) in [6.07, 6.45) is -4.76. The molecule has 2 aromatic rings. The molecule has 2 rings (SSSR count). The van der Waals surface area contributed by atoms with Crippen LogP contribution in [0.2, 0.25) is 0 Å². The van der Waals surface area contributed by atoms with Gasteiger partial charge >= 0.3 is 6.18 Å². The summed E-state index contributed by atoms with van der Waals surface area (Å²) in [6.45, 7) is 1.65. The van der Waals surface area contributed by atoms with Gasteiger partial charge in [0, 0.05) is 13.2 Å². The molecule has 0 radical (unpaired) electrons. The van der Waals surface area contributed by atoms with Gasteiger partial charge in [-0.25, -0.2) is 9.67 Å². The van der Waals surface area contributed by atoms with Gasteiger partial charge < -0.3 is 9.84 Å². The molecule has 0 saturated carbocycles. The number of aliphatic hydroxyl groups excluding tert-OH is 1. The molecular weight excluding hydrogens is 295 g/mol. The van der Waals surface area contributed by atoms with Crippen LogP contribution in [0.4, 0.5) is 13.2 Å². The van der Waals surface area contributed by atoms with Crippen LogP contribution in [0.5, 0.6) is 5.88 Å². The van der Waals surface area contributed by atoms with E-state index < -0.39 is 17.3 Å². The lowest BCUT2D eigenvalue weighted by Crippen LogP contribution is -2.03. The van der Waals surface area contributed by atoms with Crippen LogP contribution in [0, 0.1) is 6.92 Å². The van der Waals surface area contributed by atoms with E-state index in [4.69, 9.17) is 4.74 Å². The number of rotatable bonds is 3. The molecule has 1 atom stereocenters. The fraction of sp³-hybridized carbons (Fsp3) is 0.455. The largest absolute Gasteiger partial charge is 0.481 e. The van der Waals surface area contributed by atoms with E-state index in [1.165, 1.54) is 11.8 Å². The maximum absolute atomic E-state index is 12.5. The molecule has 1 unspecified atom stereocenters. The molecule has 5 nitrogen and oxygen atoms in total. The normalized spacial score (nSPS) is 13.6. The third-order valence-electron chi connectivity index (χ3n) is 2.72. The van der Waals surface area contributed by atoms with Crippen molar-refractivity contribution in [2.75, 3.05) is 7.11 Å². The number of ether oxygens (including phenoxy) is 1. The van der Waals surface area contributed by atoms with E-state index in [0.717, 1.165) is 6.20 Å². The van der Waals surface area contributed by atoms with Crippen LogP contribution >= 0.6 is 11.3 Å². The standard InChI is InChI=1S/C11H12F3N3O2S/c1-5-7(9(19-3)17(2)16-5)8(18)6-4-15-10(20-6)11(12,13)14/h4,8,18H,1-3H3. The molecule has 0 aliphatic heterocycles. The second-order valence-electron chi connectivity index (χ2n) is 4.10. The lowest BCUT2D eigenvalue weighted by atomic mass is 10.1. The van der Waals surface area contributed by atoms with E-state index in [1.807, 2.05) is 0 Å². The zero-order chi connectivity index (χ0) is 15.1. The number of aryl methyl sites for hydroxylation is 2. The van der Waals surface area contributed by atoms with Gasteiger partial charge in [-0.05, 0) is 6.92 Å². The number of alkyl halides is 3. The SMILES string of the molecule is COc1c(C(O)c2cnc(C(F)(F)F)s2)c(C)nn1C. The van der Waals surface area contributed by atoms with Crippen molar-refractivity contribution in [3.63, 3.8) is 0 Å². The van der Waals surface area contributed by atoms with Crippen molar-refractivity contribution in [1.29, 1.82) is 0 Å². The number of methoxy groups -OCH3 is 1. The Kier molecular flexibility index (Phi) is 3.74. The Morgan fingerprint density at radius 3 is 2.60 bits per heavy atom. The Bertz CT molecular complexity index is 621. The highest BCUT2D eigenvalue weighted by atomic mass is 32.1. The predicted octanol–water partition coefficient (Wildman–Crippen LogP) is 2.29. The van der Waals surface area contributed by atoms with Crippen LogP contribution in [0.25, 0.3) is 0 Å². The van der Waals surface area contributed by atoms with Crippen molar-refractivity contribution in [2.24, 2.45) is 7.05 Å². The van der Waals surface area contributed by atoms with E-state index in [1.54, 1.807) is 14.0 Å². The highest BCUT2D eigenvalue weighted by molar-refractivity contribution is 7.11. The summed E-state index contributed by atoms with van der Waals surface area (Å²) in [4.78, 5) is 3.38. The summed E-state index contributed by atoms with van der Waals surface area (Å²) >= 11 is 0.401. The van der Waals surface area contributed by atoms with Gasteiger partial charge in [0.05, 0.1) is 23.2 Å². The summed E-state index contributed by atoms with van der Waals surface area (Å²) in [7, 11) is 3.02. The summed E-state index contributed by atoms with van der Waals surface area (Å²) in [5.74, 6) is 0.303. The second-order valence-corrected chi connectivity index (χ2v) is 5.16. The Hall–Kier alpha value is -1.61. The number of hydrogen-bond donors (Lipinski definition) is 1. The number of thiazole rings is 1. The van der Waals surface area contributed by atoms with Crippen molar-refractivity contribution in [3.8, 4) is 5.88 Å². The maximum Gasteiger partial charge on any atom is 0.443 e. The number of halogens is 3. The van der Waals surface area contributed by atoms with Crippen LogP contribution < -0.4 is 4.74 Å². The van der Waals surface area contributed by atoms with Gasteiger partial charge in [-0.3, -0.25) is 0 Å². The first kappa shape index (κ1) is 14.8. The van der Waals surface area contributed by atoms with E-state index >= 15 is 0 Å². The number of aromatic nitrogens is 3. The van der Waals surface area contributed by atoms with Crippen molar-refractivity contribution in [2.45, 2.75) is 19.2 Å². The summed E-state index contributed by atoms with van der Waals surface area (Å²) in [6, 6.07) is 0. The summed E-state index contributed by atoms with van der Waals surface area (Å²) < 4.78 is 44.1. The Morgan fingerprint density at radius 1 is 1.45 bits per heavy atom. The molecule has 0 aliphatic carbocycles. The quantitative estimate of drug-likeness (QED) is 0.945. The Morgan fingerprint density at radius 2 is 2.10 bits per heavy atom. The molecule has 0 fully saturated rings. The first-order valence-electron chi connectivity index (χ1n) is 5.54. The molecule has 0 aromatic carbocycles. The van der Waals surface area contributed by atoms with E-state index in [0.29, 0.717) is 28.5 Å². The van der Waals surface area contributed by atoms with Gasteiger partial charge in [0.25, 0.3) is 0 Å². The molecular formula is C11H12F3N3O2S. The molecule has 20 heavy (non-hydrogen) atoms. The third kappa shape index (κ3) is 2.50. The lowest BCUT2D eigenvalue weighted by Gasteiger charge is -2.10. The Labute approximate surface area is 116 Å². The number of nitrogens with zero attached hydrogens (tertiary/aromatic N) is 3. The van der Waals surface area contributed by atoms with Crippen molar-refractivity contribution in [1.82, 2.24) is 14.8 Å². The average Bonchev–Trinajstić information content (AvgIpc) is 2.92. The van der Waals surface area contributed by atoms with Gasteiger partial charge in [0.2, 0.25) is 5.88 Å². The molecule has 1 N–H and O–H groups in total. The predicted molar refractivity (Wildman–Crippen MR) is 65.7 cm³/mol. The smallest absolute Gasteiger partial charge is 0.443 e. The molecule has 0 spiro atoms. The minimum atomic E-state index is -4.52. The molecule has 0 bridgehead atoms. The molecule has 0 saturated heterocycles. The summed E-state index contributed by atoms with van der Waals surface area (Å²) in [5, 5.41) is 13.3.